The smallest absolute Gasteiger partial charge is 0.302 e. The van der Waals surface area contributed by atoms with Gasteiger partial charge in [0.15, 0.2) is 5.13 Å². The Morgan fingerprint density at radius 2 is 1.92 bits per heavy atom. The Morgan fingerprint density at radius 1 is 1.19 bits per heavy atom. The fourth-order valence-electron chi connectivity index (χ4n) is 2.14. The van der Waals surface area contributed by atoms with Crippen LogP contribution >= 0.6 is 11.3 Å². The Labute approximate surface area is 148 Å². The van der Waals surface area contributed by atoms with Gasteiger partial charge in [0.05, 0.1) is 17.7 Å². The molecular formula is C16H10F4N4OS. The van der Waals surface area contributed by atoms with Crippen LogP contribution in [-0.2, 0) is 17.4 Å². The number of amides is 1. The van der Waals surface area contributed by atoms with Crippen LogP contribution in [0.15, 0.2) is 42.3 Å². The van der Waals surface area contributed by atoms with Crippen molar-refractivity contribution < 1.29 is 22.4 Å². The standard InChI is InChI=1S/C16H10F4N4OS/c17-12-2-1-10(4-11(12)16(18,19)20)13-7-26-15(23-13)24-14(25)3-9-5-21-8-22-6-9/h1-2,4-8H,3H2,(H,23,24,25). The van der Waals surface area contributed by atoms with Crippen molar-refractivity contribution in [2.75, 3.05) is 5.32 Å². The molecule has 0 aliphatic carbocycles. The molecule has 0 spiro atoms. The normalized spacial score (nSPS) is 11.4. The Morgan fingerprint density at radius 3 is 2.62 bits per heavy atom. The first kappa shape index (κ1) is 17.9. The highest BCUT2D eigenvalue weighted by Crippen LogP contribution is 2.34. The summed E-state index contributed by atoms with van der Waals surface area (Å²) in [6, 6.07) is 2.63. The third-order valence-corrected chi connectivity index (χ3v) is 4.05. The van der Waals surface area contributed by atoms with Gasteiger partial charge in [-0.05, 0) is 23.8 Å². The molecule has 1 aromatic carbocycles. The van der Waals surface area contributed by atoms with Crippen LogP contribution in [0.4, 0.5) is 22.7 Å². The maximum atomic E-state index is 13.4. The molecule has 3 aromatic rings. The van der Waals surface area contributed by atoms with Crippen LogP contribution < -0.4 is 5.32 Å². The molecule has 0 bridgehead atoms. The molecule has 2 heterocycles. The molecule has 10 heteroatoms. The molecule has 1 N–H and O–H groups in total. The summed E-state index contributed by atoms with van der Waals surface area (Å²) in [7, 11) is 0. The Kier molecular flexibility index (Phi) is 4.94. The SMILES string of the molecule is O=C(Cc1cncnc1)Nc1nc(-c2ccc(F)c(C(F)(F)F)c2)cs1. The summed E-state index contributed by atoms with van der Waals surface area (Å²) in [6.45, 7) is 0. The van der Waals surface area contributed by atoms with Gasteiger partial charge in [-0.15, -0.1) is 11.3 Å². The van der Waals surface area contributed by atoms with E-state index < -0.39 is 17.6 Å². The lowest BCUT2D eigenvalue weighted by Gasteiger charge is -2.09. The van der Waals surface area contributed by atoms with Crippen molar-refractivity contribution in [1.29, 1.82) is 0 Å². The van der Waals surface area contributed by atoms with Crippen LogP contribution in [0.3, 0.4) is 0 Å². The highest BCUT2D eigenvalue weighted by Gasteiger charge is 2.34. The molecule has 5 nitrogen and oxygen atoms in total. The summed E-state index contributed by atoms with van der Waals surface area (Å²) in [6.07, 6.45) is -0.435. The lowest BCUT2D eigenvalue weighted by atomic mass is 10.1. The van der Waals surface area contributed by atoms with Gasteiger partial charge in [-0.3, -0.25) is 4.79 Å². The van der Waals surface area contributed by atoms with Crippen molar-refractivity contribution in [1.82, 2.24) is 15.0 Å². The average Bonchev–Trinajstić information content (AvgIpc) is 3.03. The van der Waals surface area contributed by atoms with Crippen LogP contribution in [0, 0.1) is 5.82 Å². The average molecular weight is 382 g/mol. The highest BCUT2D eigenvalue weighted by molar-refractivity contribution is 7.14. The summed E-state index contributed by atoms with van der Waals surface area (Å²) < 4.78 is 51.8. The summed E-state index contributed by atoms with van der Waals surface area (Å²) in [5, 5.41) is 4.26. The van der Waals surface area contributed by atoms with Gasteiger partial charge in [0.1, 0.15) is 12.1 Å². The van der Waals surface area contributed by atoms with E-state index in [4.69, 9.17) is 0 Å². The molecule has 26 heavy (non-hydrogen) atoms. The molecule has 2 aromatic heterocycles. The molecule has 0 aliphatic rings. The number of halogens is 4. The zero-order chi connectivity index (χ0) is 18.7. The van der Waals surface area contributed by atoms with E-state index in [0.717, 1.165) is 17.4 Å². The van der Waals surface area contributed by atoms with Crippen LogP contribution in [0.5, 0.6) is 0 Å². The van der Waals surface area contributed by atoms with Gasteiger partial charge in [-0.1, -0.05) is 0 Å². The zero-order valence-electron chi connectivity index (χ0n) is 12.9. The number of carbonyl (C=O) groups excluding carboxylic acids is 1. The topological polar surface area (TPSA) is 67.8 Å². The molecule has 0 radical (unpaired) electrons. The molecule has 0 fully saturated rings. The Hall–Kier alpha value is -2.88. The first-order valence-corrected chi connectivity index (χ1v) is 8.07. The van der Waals surface area contributed by atoms with Gasteiger partial charge >= 0.3 is 6.18 Å². The summed E-state index contributed by atoms with van der Waals surface area (Å²) >= 11 is 1.05. The Bertz CT molecular complexity index is 927. The maximum Gasteiger partial charge on any atom is 0.419 e. The molecule has 134 valence electrons. The third kappa shape index (κ3) is 4.20. The van der Waals surface area contributed by atoms with E-state index >= 15 is 0 Å². The van der Waals surface area contributed by atoms with Gasteiger partial charge in [-0.25, -0.2) is 19.3 Å². The fraction of sp³-hybridized carbons (Fsp3) is 0.125. The molecule has 0 atom stereocenters. The first-order chi connectivity index (χ1) is 12.3. The van der Waals surface area contributed by atoms with Crippen LogP contribution in [0.2, 0.25) is 0 Å². The molecule has 0 unspecified atom stereocenters. The second kappa shape index (κ2) is 7.16. The number of nitrogens with one attached hydrogen (secondary N) is 1. The minimum atomic E-state index is -4.80. The third-order valence-electron chi connectivity index (χ3n) is 3.30. The molecule has 3 rings (SSSR count). The fourth-order valence-corrected chi connectivity index (χ4v) is 2.87. The van der Waals surface area contributed by atoms with Crippen molar-refractivity contribution in [3.63, 3.8) is 0 Å². The number of carbonyl (C=O) groups is 1. The number of rotatable bonds is 4. The van der Waals surface area contributed by atoms with E-state index in [0.29, 0.717) is 11.6 Å². The molecule has 1 amide bonds. The monoisotopic (exact) mass is 382 g/mol. The van der Waals surface area contributed by atoms with E-state index in [1.54, 1.807) is 0 Å². The number of alkyl halides is 3. The lowest BCUT2D eigenvalue weighted by molar-refractivity contribution is -0.139. The predicted molar refractivity (Wildman–Crippen MR) is 86.9 cm³/mol. The van der Waals surface area contributed by atoms with E-state index in [1.807, 2.05) is 0 Å². The van der Waals surface area contributed by atoms with E-state index in [2.05, 4.69) is 20.3 Å². The van der Waals surface area contributed by atoms with Crippen LogP contribution in [-0.4, -0.2) is 20.9 Å². The largest absolute Gasteiger partial charge is 0.419 e. The molecule has 0 saturated carbocycles. The van der Waals surface area contributed by atoms with Gasteiger partial charge in [0.25, 0.3) is 0 Å². The van der Waals surface area contributed by atoms with E-state index in [1.165, 1.54) is 30.2 Å². The van der Waals surface area contributed by atoms with Crippen molar-refractivity contribution in [3.8, 4) is 11.3 Å². The molecular weight excluding hydrogens is 372 g/mol. The van der Waals surface area contributed by atoms with Gasteiger partial charge in [-0.2, -0.15) is 13.2 Å². The quantitative estimate of drug-likeness (QED) is 0.694. The van der Waals surface area contributed by atoms with Crippen molar-refractivity contribution in [2.24, 2.45) is 0 Å². The van der Waals surface area contributed by atoms with Crippen LogP contribution in [0.25, 0.3) is 11.3 Å². The molecule has 0 saturated heterocycles. The minimum Gasteiger partial charge on any atom is -0.302 e. The summed E-state index contributed by atoms with van der Waals surface area (Å²) in [5.41, 5.74) is -0.446. The van der Waals surface area contributed by atoms with Crippen molar-refractivity contribution >= 4 is 22.4 Å². The van der Waals surface area contributed by atoms with Crippen molar-refractivity contribution in [2.45, 2.75) is 12.6 Å². The lowest BCUT2D eigenvalue weighted by Crippen LogP contribution is -2.14. The first-order valence-electron chi connectivity index (χ1n) is 7.19. The van der Waals surface area contributed by atoms with E-state index in [-0.39, 0.29) is 28.7 Å². The van der Waals surface area contributed by atoms with E-state index in [9.17, 15) is 22.4 Å². The van der Waals surface area contributed by atoms with Crippen LogP contribution in [0.1, 0.15) is 11.1 Å². The Balaban J connectivity index is 1.75. The number of hydrogen-bond donors (Lipinski definition) is 1. The predicted octanol–water partition coefficient (Wildman–Crippen LogP) is 3.94. The minimum absolute atomic E-state index is 0.0323. The summed E-state index contributed by atoms with van der Waals surface area (Å²) in [5.74, 6) is -1.72. The highest BCUT2D eigenvalue weighted by atomic mass is 32.1. The van der Waals surface area contributed by atoms with Gasteiger partial charge < -0.3 is 5.32 Å². The number of nitrogens with zero attached hydrogens (tertiary/aromatic N) is 3. The summed E-state index contributed by atoms with van der Waals surface area (Å²) in [4.78, 5) is 23.6. The number of benzene rings is 1. The van der Waals surface area contributed by atoms with Gasteiger partial charge in [0, 0.05) is 23.3 Å². The number of hydrogen-bond acceptors (Lipinski definition) is 5. The van der Waals surface area contributed by atoms with Crippen molar-refractivity contribution in [3.05, 3.63) is 59.2 Å². The number of anilines is 1. The number of aromatic nitrogens is 3. The second-order valence-corrected chi connectivity index (χ2v) is 6.06. The zero-order valence-corrected chi connectivity index (χ0v) is 13.7. The van der Waals surface area contributed by atoms with Gasteiger partial charge in [0.2, 0.25) is 5.91 Å². The maximum absolute atomic E-state index is 13.4. The molecule has 0 aliphatic heterocycles. The second-order valence-electron chi connectivity index (χ2n) is 5.20. The number of thiazole rings is 1.